The molecule has 0 amide bonds. The molecule has 3 heterocycles. The van der Waals surface area contributed by atoms with Gasteiger partial charge >= 0.3 is 0 Å². The Kier molecular flexibility index (Phi) is 12.6. The number of furan rings is 1. The van der Waals surface area contributed by atoms with Crippen molar-refractivity contribution in [3.05, 3.63) is 203 Å². The molecule has 0 saturated heterocycles. The Labute approximate surface area is 430 Å². The minimum absolute atomic E-state index is 0. The van der Waals surface area contributed by atoms with E-state index in [1.807, 2.05) is 36.4 Å². The second kappa shape index (κ2) is 19.9. The van der Waals surface area contributed by atoms with Crippen molar-refractivity contribution in [2.75, 3.05) is 0 Å². The van der Waals surface area contributed by atoms with Crippen LogP contribution < -0.4 is 0 Å². The van der Waals surface area contributed by atoms with Crippen LogP contribution in [0.5, 0.6) is 0 Å². The molecule has 8 aromatic carbocycles. The number of imidazole rings is 2. The number of rotatable bonds is 9. The number of aryl methyl sites for hydroxylation is 2. The van der Waals surface area contributed by atoms with Crippen molar-refractivity contribution in [3.8, 4) is 45.3 Å². The van der Waals surface area contributed by atoms with Crippen molar-refractivity contribution in [1.29, 1.82) is 0 Å². The second-order valence-corrected chi connectivity index (χ2v) is 19.4. The summed E-state index contributed by atoms with van der Waals surface area (Å²) in [5.41, 5.74) is 18.1. The van der Waals surface area contributed by atoms with Crippen molar-refractivity contribution in [2.24, 2.45) is 0 Å². The summed E-state index contributed by atoms with van der Waals surface area (Å²) in [7, 11) is 0. The molecule has 0 atom stereocenters. The molecule has 6 heteroatoms. The standard InChI is InChI=1S/C32H29N2O.C32H31N2.Ir/c1-19(2)22-12-9-13-23(20(3)4)29(22)34-28-18-7-6-17-27(28)33-32(34)26-16-10-15-25-24-14-8-11-21(5)30(24)35-31(25)26;1-21(2)26-14-11-15-27(22(3)4)31(26)34-30-17-10-9-16-29(30)33-32(34)25-19-18-23(5)28(20-25)24-12-7-6-8-13-24;/h6-15,17-20H,1-5H3;6-18,20-22H,1-5H3;/q2*-1;/i5D3;;. The summed E-state index contributed by atoms with van der Waals surface area (Å²) in [4.78, 5) is 10.3. The summed E-state index contributed by atoms with van der Waals surface area (Å²) in [6.07, 6.45) is 0. The summed E-state index contributed by atoms with van der Waals surface area (Å²) in [5, 5.41) is 1.62. The molecule has 11 rings (SSSR count). The summed E-state index contributed by atoms with van der Waals surface area (Å²) in [6.45, 7) is 17.8. The Balaban J connectivity index is 0.000000178. The molecule has 353 valence electrons. The van der Waals surface area contributed by atoms with Gasteiger partial charge in [-0.3, -0.25) is 9.97 Å². The van der Waals surface area contributed by atoms with E-state index in [-0.39, 0.29) is 25.7 Å². The van der Waals surface area contributed by atoms with Crippen LogP contribution in [0, 0.1) is 25.9 Å². The number of benzene rings is 8. The first kappa shape index (κ1) is 44.4. The third-order valence-electron chi connectivity index (χ3n) is 13.4. The van der Waals surface area contributed by atoms with E-state index in [0.717, 1.165) is 55.7 Å². The number of hydrogen-bond acceptors (Lipinski definition) is 3. The Bertz CT molecular complexity index is 3730. The number of hydrogen-bond donors (Lipinski definition) is 0. The quantitative estimate of drug-likeness (QED) is 0.135. The summed E-state index contributed by atoms with van der Waals surface area (Å²) < 4.78 is 35.1. The van der Waals surface area contributed by atoms with Gasteiger partial charge in [-0.15, -0.1) is 47.5 Å². The fraction of sp³-hybridized carbons (Fsp3) is 0.219. The molecule has 1 radical (unpaired) electrons. The first-order valence-electron chi connectivity index (χ1n) is 25.8. The molecule has 0 unspecified atom stereocenters. The monoisotopic (exact) mass is 1100 g/mol. The van der Waals surface area contributed by atoms with Crippen molar-refractivity contribution in [3.63, 3.8) is 0 Å². The number of fused-ring (bicyclic) bond motifs is 5. The molecule has 0 aliphatic heterocycles. The van der Waals surface area contributed by atoms with Gasteiger partial charge in [0, 0.05) is 41.0 Å². The number of aromatic nitrogens is 4. The maximum absolute atomic E-state index is 8.04. The fourth-order valence-electron chi connectivity index (χ4n) is 9.94. The summed E-state index contributed by atoms with van der Waals surface area (Å²) in [5.74, 6) is 3.04. The molecule has 0 fully saturated rings. The maximum Gasteiger partial charge on any atom is 0.123 e. The Morgan fingerprint density at radius 2 is 1.01 bits per heavy atom. The van der Waals surface area contributed by atoms with Crippen LogP contribution in [0.25, 0.3) is 89.3 Å². The van der Waals surface area contributed by atoms with Crippen molar-refractivity contribution >= 4 is 44.0 Å². The van der Waals surface area contributed by atoms with Gasteiger partial charge in [0.2, 0.25) is 0 Å². The van der Waals surface area contributed by atoms with Crippen LogP contribution in [0.1, 0.15) is 117 Å². The van der Waals surface area contributed by atoms with E-state index in [9.17, 15) is 0 Å². The van der Waals surface area contributed by atoms with Gasteiger partial charge in [0.05, 0.1) is 39.3 Å². The van der Waals surface area contributed by atoms with Gasteiger partial charge in [-0.2, -0.15) is 0 Å². The van der Waals surface area contributed by atoms with Gasteiger partial charge in [-0.05, 0) is 88.2 Å². The molecule has 3 aromatic heterocycles. The Morgan fingerprint density at radius 1 is 0.514 bits per heavy atom. The van der Waals surface area contributed by atoms with E-state index in [1.165, 1.54) is 44.6 Å². The zero-order valence-corrected chi connectivity index (χ0v) is 43.7. The summed E-state index contributed by atoms with van der Waals surface area (Å²) >= 11 is 0. The van der Waals surface area contributed by atoms with Crippen LogP contribution in [0.2, 0.25) is 0 Å². The molecule has 0 aliphatic rings. The molecule has 0 N–H and O–H groups in total. The molecule has 70 heavy (non-hydrogen) atoms. The van der Waals surface area contributed by atoms with E-state index < -0.39 is 6.85 Å². The predicted molar refractivity (Wildman–Crippen MR) is 289 cm³/mol. The Morgan fingerprint density at radius 3 is 1.57 bits per heavy atom. The molecule has 0 saturated carbocycles. The van der Waals surface area contributed by atoms with Crippen molar-refractivity contribution in [2.45, 2.75) is 92.8 Å². The molecular formula is C64H60IrN4O-2. The summed E-state index contributed by atoms with van der Waals surface area (Å²) in [6, 6.07) is 60.8. The van der Waals surface area contributed by atoms with Crippen LogP contribution >= 0.6 is 0 Å². The first-order chi connectivity index (χ1) is 34.6. The second-order valence-electron chi connectivity index (χ2n) is 19.4. The van der Waals surface area contributed by atoms with Gasteiger partial charge in [0.15, 0.2) is 0 Å². The van der Waals surface area contributed by atoms with E-state index in [4.69, 9.17) is 18.5 Å². The number of nitrogens with zero attached hydrogens (tertiary/aromatic N) is 4. The largest absolute Gasteiger partial charge is 0.500 e. The van der Waals surface area contributed by atoms with Crippen LogP contribution in [0.15, 0.2) is 162 Å². The SMILES string of the molecule is Cc1c[c-]c(-c2nc3ccccc3n2-c2c(C(C)C)cccc2C(C)C)cc1-c1ccccc1.[2H]C([2H])([2H])c1cccc2c1oc1c(-c3nc4ccccc4n3-c3c(C(C)C)cccc3C(C)C)[c-]ccc12.[Ir]. The van der Waals surface area contributed by atoms with Crippen LogP contribution in [-0.2, 0) is 20.1 Å². The van der Waals surface area contributed by atoms with Gasteiger partial charge in [-0.1, -0.05) is 188 Å². The molecule has 11 aromatic rings. The minimum atomic E-state index is -2.28. The first-order valence-corrected chi connectivity index (χ1v) is 24.3. The normalized spacial score (nSPS) is 12.5. The van der Waals surface area contributed by atoms with Gasteiger partial charge in [-0.25, -0.2) is 0 Å². The van der Waals surface area contributed by atoms with Gasteiger partial charge < -0.3 is 13.6 Å². The fourth-order valence-corrected chi connectivity index (χ4v) is 9.94. The van der Waals surface area contributed by atoms with E-state index in [0.29, 0.717) is 40.4 Å². The van der Waals surface area contributed by atoms with Crippen molar-refractivity contribution < 1.29 is 28.6 Å². The molecule has 5 nitrogen and oxygen atoms in total. The minimum Gasteiger partial charge on any atom is -0.500 e. The smallest absolute Gasteiger partial charge is 0.123 e. The zero-order valence-electron chi connectivity index (χ0n) is 44.4. The van der Waals surface area contributed by atoms with E-state index >= 15 is 0 Å². The van der Waals surface area contributed by atoms with E-state index in [1.54, 1.807) is 12.1 Å². The topological polar surface area (TPSA) is 48.8 Å². The van der Waals surface area contributed by atoms with Crippen LogP contribution in [0.3, 0.4) is 0 Å². The Hall–Kier alpha value is -6.85. The molecule has 0 spiro atoms. The molecule has 0 bridgehead atoms. The van der Waals surface area contributed by atoms with Gasteiger partial charge in [0.25, 0.3) is 0 Å². The number of para-hydroxylation sites is 7. The predicted octanol–water partition coefficient (Wildman–Crippen LogP) is 17.7. The third kappa shape index (κ3) is 8.63. The maximum atomic E-state index is 8.04. The average Bonchev–Trinajstić information content (AvgIpc) is 4.08. The van der Waals surface area contributed by atoms with Crippen molar-refractivity contribution in [1.82, 2.24) is 19.1 Å². The third-order valence-corrected chi connectivity index (χ3v) is 13.4. The van der Waals surface area contributed by atoms with Crippen LogP contribution in [-0.4, -0.2) is 19.1 Å². The average molecular weight is 1100 g/mol. The molecular weight excluding hydrogens is 1030 g/mol. The van der Waals surface area contributed by atoms with Crippen LogP contribution in [0.4, 0.5) is 0 Å². The van der Waals surface area contributed by atoms with Gasteiger partial charge in [0.1, 0.15) is 5.58 Å². The molecule has 0 aliphatic carbocycles. The zero-order chi connectivity index (χ0) is 50.6. The van der Waals surface area contributed by atoms with E-state index in [2.05, 4.69) is 193 Å².